The van der Waals surface area contributed by atoms with Crippen molar-refractivity contribution in [2.45, 2.75) is 32.6 Å². The van der Waals surface area contributed by atoms with Crippen molar-refractivity contribution in [2.75, 3.05) is 26.3 Å². The van der Waals surface area contributed by atoms with Gasteiger partial charge in [0.2, 0.25) is 5.82 Å². The highest BCUT2D eigenvalue weighted by atomic mass is 19.4. The molecule has 1 aliphatic rings. The zero-order chi connectivity index (χ0) is 17.3. The lowest BCUT2D eigenvalue weighted by atomic mass is 10.2. The zero-order valence-corrected chi connectivity index (χ0v) is 13.5. The lowest BCUT2D eigenvalue weighted by molar-refractivity contribution is -0.143. The van der Waals surface area contributed by atoms with Gasteiger partial charge in [-0.1, -0.05) is 0 Å². The van der Waals surface area contributed by atoms with E-state index in [0.717, 1.165) is 4.68 Å². The minimum atomic E-state index is -4.37. The predicted molar refractivity (Wildman–Crippen MR) is 79.3 cm³/mol. The fourth-order valence-electron chi connectivity index (χ4n) is 2.74. The Morgan fingerprint density at radius 2 is 1.96 bits per heavy atom. The largest absolute Gasteiger partial charge is 0.458 e. The highest BCUT2D eigenvalue weighted by Gasteiger charge is 2.33. The van der Waals surface area contributed by atoms with Crippen LogP contribution in [-0.4, -0.2) is 52.1 Å². The van der Waals surface area contributed by atoms with E-state index in [1.54, 1.807) is 19.1 Å². The zero-order valence-electron chi connectivity index (χ0n) is 13.5. The first kappa shape index (κ1) is 17.0. The Hall–Kier alpha value is -1.87. The average molecular weight is 344 g/mol. The molecule has 0 saturated carbocycles. The first-order valence-electron chi connectivity index (χ1n) is 7.73. The number of ether oxygens (including phenoxy) is 1. The number of hydrogen-bond donors (Lipinski definition) is 0. The molecule has 0 radical (unpaired) electrons. The van der Waals surface area contributed by atoms with Crippen LogP contribution >= 0.6 is 0 Å². The van der Waals surface area contributed by atoms with Gasteiger partial charge >= 0.3 is 6.18 Å². The Labute approximate surface area is 137 Å². The second-order valence-electron chi connectivity index (χ2n) is 5.80. The Balaban J connectivity index is 1.93. The van der Waals surface area contributed by atoms with Gasteiger partial charge in [0.25, 0.3) is 0 Å². The van der Waals surface area contributed by atoms with Gasteiger partial charge in [0.05, 0.1) is 19.3 Å². The van der Waals surface area contributed by atoms with Crippen molar-refractivity contribution < 1.29 is 22.3 Å². The van der Waals surface area contributed by atoms with Gasteiger partial charge in [0, 0.05) is 13.1 Å². The maximum Gasteiger partial charge on any atom is 0.408 e. The molecule has 1 atom stereocenters. The summed E-state index contributed by atoms with van der Waals surface area (Å²) in [4.78, 5) is 6.37. The summed E-state index contributed by atoms with van der Waals surface area (Å²) in [6.45, 7) is 4.82. The van der Waals surface area contributed by atoms with Crippen LogP contribution in [0.15, 0.2) is 16.5 Å². The maximum atomic E-state index is 12.9. The Kier molecular flexibility index (Phi) is 4.64. The number of furan rings is 1. The molecule has 0 aliphatic carbocycles. The summed E-state index contributed by atoms with van der Waals surface area (Å²) in [7, 11) is 0. The molecule has 1 fully saturated rings. The molecular formula is C15H19F3N4O2. The van der Waals surface area contributed by atoms with Crippen molar-refractivity contribution in [1.29, 1.82) is 0 Å². The van der Waals surface area contributed by atoms with Crippen molar-refractivity contribution in [3.8, 4) is 11.6 Å². The third-order valence-electron chi connectivity index (χ3n) is 3.96. The molecule has 1 saturated heterocycles. The van der Waals surface area contributed by atoms with E-state index < -0.39 is 12.7 Å². The molecule has 6 nitrogen and oxygen atoms in total. The third kappa shape index (κ3) is 3.78. The van der Waals surface area contributed by atoms with Gasteiger partial charge in [-0.25, -0.2) is 9.67 Å². The minimum absolute atomic E-state index is 0.169. The van der Waals surface area contributed by atoms with E-state index in [2.05, 4.69) is 10.1 Å². The quantitative estimate of drug-likeness (QED) is 0.854. The predicted octanol–water partition coefficient (Wildman–Crippen LogP) is 2.80. The molecule has 9 heteroatoms. The van der Waals surface area contributed by atoms with Crippen LogP contribution in [0.3, 0.4) is 0 Å². The first-order valence-corrected chi connectivity index (χ1v) is 7.73. The fraction of sp³-hybridized carbons (Fsp3) is 0.600. The monoisotopic (exact) mass is 344 g/mol. The van der Waals surface area contributed by atoms with Gasteiger partial charge in [-0.3, -0.25) is 4.90 Å². The van der Waals surface area contributed by atoms with E-state index >= 15 is 0 Å². The summed E-state index contributed by atoms with van der Waals surface area (Å²) >= 11 is 0. The van der Waals surface area contributed by atoms with Crippen LogP contribution in [0.1, 0.15) is 24.6 Å². The van der Waals surface area contributed by atoms with E-state index in [-0.39, 0.29) is 17.7 Å². The van der Waals surface area contributed by atoms with Crippen LogP contribution in [-0.2, 0) is 11.3 Å². The molecule has 0 amide bonds. The standard InChI is InChI=1S/C15H19F3N4O2/c1-10-3-4-12(24-10)13-19-14(22(20-13)9-15(16,17)18)11(2)21-5-7-23-8-6-21/h3-4,11H,5-9H2,1-2H3/t11-/m1/s1. The van der Waals surface area contributed by atoms with E-state index in [1.807, 2.05) is 11.8 Å². The van der Waals surface area contributed by atoms with Crippen LogP contribution in [0.25, 0.3) is 11.6 Å². The minimum Gasteiger partial charge on any atom is -0.458 e. The Morgan fingerprint density at radius 1 is 1.25 bits per heavy atom. The summed E-state index contributed by atoms with van der Waals surface area (Å²) in [6, 6.07) is 3.09. The SMILES string of the molecule is Cc1ccc(-c2nc([C@@H](C)N3CCOCC3)n(CC(F)(F)F)n2)o1. The number of hydrogen-bond acceptors (Lipinski definition) is 5. The number of aromatic nitrogens is 3. The highest BCUT2D eigenvalue weighted by molar-refractivity contribution is 5.46. The molecule has 132 valence electrons. The van der Waals surface area contributed by atoms with Gasteiger partial charge < -0.3 is 9.15 Å². The molecule has 3 rings (SSSR count). The average Bonchev–Trinajstić information content (AvgIpc) is 3.12. The smallest absolute Gasteiger partial charge is 0.408 e. The fourth-order valence-corrected chi connectivity index (χ4v) is 2.74. The third-order valence-corrected chi connectivity index (χ3v) is 3.96. The van der Waals surface area contributed by atoms with Crippen LogP contribution in [0.4, 0.5) is 13.2 Å². The molecule has 2 aromatic heterocycles. The normalized spacial score (nSPS) is 18.0. The second kappa shape index (κ2) is 6.56. The molecule has 3 heterocycles. The molecule has 1 aliphatic heterocycles. The van der Waals surface area contributed by atoms with Crippen molar-refractivity contribution in [2.24, 2.45) is 0 Å². The molecule has 0 bridgehead atoms. The van der Waals surface area contributed by atoms with Crippen molar-refractivity contribution in [3.05, 3.63) is 23.7 Å². The molecular weight excluding hydrogens is 325 g/mol. The first-order chi connectivity index (χ1) is 11.3. The van der Waals surface area contributed by atoms with Gasteiger partial charge in [0.15, 0.2) is 5.76 Å². The van der Waals surface area contributed by atoms with Gasteiger partial charge in [-0.2, -0.15) is 13.2 Å². The highest BCUT2D eigenvalue weighted by Crippen LogP contribution is 2.27. The van der Waals surface area contributed by atoms with Gasteiger partial charge in [0.1, 0.15) is 18.1 Å². The molecule has 2 aromatic rings. The lowest BCUT2D eigenvalue weighted by Gasteiger charge is -2.31. The van der Waals surface area contributed by atoms with Crippen molar-refractivity contribution in [1.82, 2.24) is 19.7 Å². The summed E-state index contributed by atoms with van der Waals surface area (Å²) in [5.41, 5.74) is 0. The molecule has 0 N–H and O–H groups in total. The van der Waals surface area contributed by atoms with E-state index in [1.165, 1.54) is 0 Å². The number of nitrogens with zero attached hydrogens (tertiary/aromatic N) is 4. The maximum absolute atomic E-state index is 12.9. The number of morpholine rings is 1. The topological polar surface area (TPSA) is 56.3 Å². The van der Waals surface area contributed by atoms with Gasteiger partial charge in [-0.15, -0.1) is 5.10 Å². The Bertz CT molecular complexity index is 689. The molecule has 0 unspecified atom stereocenters. The van der Waals surface area contributed by atoms with Crippen molar-refractivity contribution >= 4 is 0 Å². The lowest BCUT2D eigenvalue weighted by Crippen LogP contribution is -2.39. The second-order valence-corrected chi connectivity index (χ2v) is 5.80. The van der Waals surface area contributed by atoms with Crippen LogP contribution in [0, 0.1) is 6.92 Å². The molecule has 24 heavy (non-hydrogen) atoms. The van der Waals surface area contributed by atoms with Crippen molar-refractivity contribution in [3.63, 3.8) is 0 Å². The van der Waals surface area contributed by atoms with Crippen LogP contribution in [0.5, 0.6) is 0 Å². The summed E-state index contributed by atoms with van der Waals surface area (Å²) < 4.78 is 50.3. The van der Waals surface area contributed by atoms with Crippen LogP contribution in [0.2, 0.25) is 0 Å². The number of alkyl halides is 3. The number of aryl methyl sites for hydroxylation is 1. The summed E-state index contributed by atoms with van der Waals surface area (Å²) in [6.07, 6.45) is -4.37. The van der Waals surface area contributed by atoms with E-state index in [9.17, 15) is 13.2 Å². The number of halogens is 3. The summed E-state index contributed by atoms with van der Waals surface area (Å²) in [5.74, 6) is 1.46. The van der Waals surface area contributed by atoms with Gasteiger partial charge in [-0.05, 0) is 26.0 Å². The molecule has 0 spiro atoms. The summed E-state index contributed by atoms with van der Waals surface area (Å²) in [5, 5.41) is 4.03. The van der Waals surface area contributed by atoms with Crippen LogP contribution < -0.4 is 0 Å². The number of rotatable bonds is 4. The van der Waals surface area contributed by atoms with E-state index in [4.69, 9.17) is 9.15 Å². The molecule has 0 aromatic carbocycles. The van der Waals surface area contributed by atoms with E-state index in [0.29, 0.717) is 37.8 Å². The Morgan fingerprint density at radius 3 is 2.54 bits per heavy atom.